The number of amides is 1. The average Bonchev–Trinajstić information content (AvgIpc) is 3.02. The summed E-state index contributed by atoms with van der Waals surface area (Å²) in [5, 5.41) is 2.88. The molecule has 1 aromatic rings. The number of ether oxygens (including phenoxy) is 1. The third-order valence-electron chi connectivity index (χ3n) is 3.97. The molecule has 1 fully saturated rings. The van der Waals surface area contributed by atoms with Crippen molar-refractivity contribution in [2.24, 2.45) is 0 Å². The van der Waals surface area contributed by atoms with Gasteiger partial charge in [-0.3, -0.25) is 4.79 Å². The van der Waals surface area contributed by atoms with Crippen LogP contribution in [0.3, 0.4) is 0 Å². The van der Waals surface area contributed by atoms with Gasteiger partial charge in [-0.05, 0) is 36.4 Å². The molecule has 0 aliphatic carbocycles. The summed E-state index contributed by atoms with van der Waals surface area (Å²) in [5.41, 5.74) is 0.133. The molecular formula is C15H22N2O4S2. The minimum atomic E-state index is -3.48. The fourth-order valence-electron chi connectivity index (χ4n) is 2.29. The zero-order valence-corrected chi connectivity index (χ0v) is 15.2. The number of benzene rings is 1. The molecule has 1 aromatic carbocycles. The van der Waals surface area contributed by atoms with Gasteiger partial charge >= 0.3 is 0 Å². The van der Waals surface area contributed by atoms with E-state index in [4.69, 9.17) is 4.74 Å². The number of hydrogen-bond donors (Lipinski definition) is 1. The first-order valence-corrected chi connectivity index (χ1v) is 9.84. The van der Waals surface area contributed by atoms with Gasteiger partial charge in [0.05, 0.1) is 10.5 Å². The van der Waals surface area contributed by atoms with Crippen LogP contribution in [0.4, 0.5) is 0 Å². The van der Waals surface area contributed by atoms with E-state index in [1.807, 2.05) is 11.8 Å². The molecule has 1 amide bonds. The first-order chi connectivity index (χ1) is 10.8. The standard InChI is InChI=1S/C15H22N2O4S2/c1-17(2)23(19,20)13-6-4-12(5-7-13)14(18)16-10-15(21-3)8-9-22-11-15/h4-7H,8-11H2,1-3H3,(H,16,18). The maximum absolute atomic E-state index is 12.2. The Bertz CT molecular complexity index is 651. The fourth-order valence-corrected chi connectivity index (χ4v) is 4.59. The van der Waals surface area contributed by atoms with E-state index in [2.05, 4.69) is 5.32 Å². The maximum Gasteiger partial charge on any atom is 0.251 e. The second kappa shape index (κ2) is 7.21. The SMILES string of the molecule is COC1(CNC(=O)c2ccc(S(=O)(=O)N(C)C)cc2)CCSC1. The normalized spacial score (nSPS) is 21.6. The predicted molar refractivity (Wildman–Crippen MR) is 91.3 cm³/mol. The fraction of sp³-hybridized carbons (Fsp3) is 0.533. The highest BCUT2D eigenvalue weighted by Gasteiger charge is 2.34. The minimum absolute atomic E-state index is 0.166. The molecule has 0 bridgehead atoms. The van der Waals surface area contributed by atoms with Crippen molar-refractivity contribution in [3.8, 4) is 0 Å². The number of hydrogen-bond acceptors (Lipinski definition) is 5. The zero-order chi connectivity index (χ0) is 17.1. The summed E-state index contributed by atoms with van der Waals surface area (Å²) in [6.45, 7) is 0.451. The Morgan fingerprint density at radius 3 is 2.48 bits per heavy atom. The summed E-state index contributed by atoms with van der Waals surface area (Å²) >= 11 is 1.81. The van der Waals surface area contributed by atoms with Crippen LogP contribution in [0.15, 0.2) is 29.2 Å². The molecule has 1 N–H and O–H groups in total. The van der Waals surface area contributed by atoms with Crippen LogP contribution in [0.25, 0.3) is 0 Å². The lowest BCUT2D eigenvalue weighted by Gasteiger charge is -2.26. The number of carbonyl (C=O) groups is 1. The van der Waals surface area contributed by atoms with Gasteiger partial charge < -0.3 is 10.1 Å². The highest BCUT2D eigenvalue weighted by molar-refractivity contribution is 7.99. The van der Waals surface area contributed by atoms with Gasteiger partial charge in [0.2, 0.25) is 10.0 Å². The van der Waals surface area contributed by atoms with E-state index in [9.17, 15) is 13.2 Å². The van der Waals surface area contributed by atoms with E-state index in [1.54, 1.807) is 7.11 Å². The molecule has 128 valence electrons. The largest absolute Gasteiger partial charge is 0.376 e. The monoisotopic (exact) mass is 358 g/mol. The number of nitrogens with one attached hydrogen (secondary N) is 1. The highest BCUT2D eigenvalue weighted by Crippen LogP contribution is 2.30. The molecule has 1 unspecified atom stereocenters. The van der Waals surface area contributed by atoms with E-state index in [1.165, 1.54) is 38.4 Å². The maximum atomic E-state index is 12.2. The summed E-state index contributed by atoms with van der Waals surface area (Å²) in [5.74, 6) is 1.66. The Labute approximate surface area is 141 Å². The number of rotatable bonds is 6. The van der Waals surface area contributed by atoms with Crippen LogP contribution < -0.4 is 5.32 Å². The first-order valence-electron chi connectivity index (χ1n) is 7.24. The second-order valence-corrected chi connectivity index (χ2v) is 8.94. The second-order valence-electron chi connectivity index (χ2n) is 5.68. The van der Waals surface area contributed by atoms with Crippen molar-refractivity contribution >= 4 is 27.7 Å². The Morgan fingerprint density at radius 2 is 2.00 bits per heavy atom. The molecule has 1 saturated heterocycles. The molecule has 0 aromatic heterocycles. The average molecular weight is 358 g/mol. The van der Waals surface area contributed by atoms with Crippen LogP contribution in [-0.4, -0.2) is 63.5 Å². The van der Waals surface area contributed by atoms with Crippen LogP contribution in [-0.2, 0) is 14.8 Å². The van der Waals surface area contributed by atoms with E-state index < -0.39 is 10.0 Å². The van der Waals surface area contributed by atoms with Gasteiger partial charge in [0.15, 0.2) is 0 Å². The van der Waals surface area contributed by atoms with E-state index in [0.29, 0.717) is 12.1 Å². The summed E-state index contributed by atoms with van der Waals surface area (Å²) in [6, 6.07) is 5.94. The van der Waals surface area contributed by atoms with Gasteiger partial charge in [-0.25, -0.2) is 12.7 Å². The summed E-state index contributed by atoms with van der Waals surface area (Å²) in [4.78, 5) is 12.4. The summed E-state index contributed by atoms with van der Waals surface area (Å²) < 4.78 is 30.7. The van der Waals surface area contributed by atoms with Crippen molar-refractivity contribution in [2.75, 3.05) is 39.3 Å². The van der Waals surface area contributed by atoms with Crippen LogP contribution in [0.5, 0.6) is 0 Å². The number of nitrogens with zero attached hydrogens (tertiary/aromatic N) is 1. The molecule has 1 atom stereocenters. The molecular weight excluding hydrogens is 336 g/mol. The van der Waals surface area contributed by atoms with E-state index >= 15 is 0 Å². The molecule has 1 aliphatic rings. The highest BCUT2D eigenvalue weighted by atomic mass is 32.2. The molecule has 0 spiro atoms. The van der Waals surface area contributed by atoms with Gasteiger partial charge in [0.25, 0.3) is 5.91 Å². The lowest BCUT2D eigenvalue weighted by molar-refractivity contribution is 0.0137. The molecule has 0 radical (unpaired) electrons. The van der Waals surface area contributed by atoms with Crippen molar-refractivity contribution in [1.29, 1.82) is 0 Å². The topological polar surface area (TPSA) is 75.7 Å². The Hall–Kier alpha value is -1.09. The molecule has 1 aliphatic heterocycles. The smallest absolute Gasteiger partial charge is 0.251 e. The number of methoxy groups -OCH3 is 1. The van der Waals surface area contributed by atoms with E-state index in [-0.39, 0.29) is 16.4 Å². The number of thioether (sulfide) groups is 1. The molecule has 1 heterocycles. The number of sulfonamides is 1. The molecule has 23 heavy (non-hydrogen) atoms. The lowest BCUT2D eigenvalue weighted by Crippen LogP contribution is -2.44. The van der Waals surface area contributed by atoms with Crippen molar-refractivity contribution in [2.45, 2.75) is 16.9 Å². The Morgan fingerprint density at radius 1 is 1.35 bits per heavy atom. The molecule has 6 nitrogen and oxygen atoms in total. The van der Waals surface area contributed by atoms with Crippen molar-refractivity contribution in [3.05, 3.63) is 29.8 Å². The third kappa shape index (κ3) is 4.06. The van der Waals surface area contributed by atoms with Crippen molar-refractivity contribution in [1.82, 2.24) is 9.62 Å². The van der Waals surface area contributed by atoms with Crippen molar-refractivity contribution < 1.29 is 17.9 Å². The Kier molecular flexibility index (Phi) is 5.72. The summed E-state index contributed by atoms with van der Waals surface area (Å²) in [7, 11) is 1.13. The first kappa shape index (κ1) is 18.3. The third-order valence-corrected chi connectivity index (χ3v) is 7.02. The van der Waals surface area contributed by atoms with Gasteiger partial charge in [0.1, 0.15) is 0 Å². The molecule has 0 saturated carbocycles. The quantitative estimate of drug-likeness (QED) is 0.827. The van der Waals surface area contributed by atoms with Crippen LogP contribution in [0, 0.1) is 0 Å². The summed E-state index contributed by atoms with van der Waals surface area (Å²) in [6.07, 6.45) is 0.911. The van der Waals surface area contributed by atoms with Gasteiger partial charge in [0, 0.05) is 39.1 Å². The van der Waals surface area contributed by atoms with Crippen LogP contribution in [0.1, 0.15) is 16.8 Å². The number of carbonyl (C=O) groups excluding carboxylic acids is 1. The van der Waals surface area contributed by atoms with Gasteiger partial charge in [-0.2, -0.15) is 11.8 Å². The van der Waals surface area contributed by atoms with Crippen LogP contribution in [0.2, 0.25) is 0 Å². The predicted octanol–water partition coefficient (Wildman–Crippen LogP) is 1.19. The van der Waals surface area contributed by atoms with Gasteiger partial charge in [-0.1, -0.05) is 0 Å². The lowest BCUT2D eigenvalue weighted by atomic mass is 10.0. The zero-order valence-electron chi connectivity index (χ0n) is 13.5. The minimum Gasteiger partial charge on any atom is -0.376 e. The van der Waals surface area contributed by atoms with Gasteiger partial charge in [-0.15, -0.1) is 0 Å². The molecule has 2 rings (SSSR count). The van der Waals surface area contributed by atoms with Crippen molar-refractivity contribution in [3.63, 3.8) is 0 Å². The van der Waals surface area contributed by atoms with Crippen LogP contribution >= 0.6 is 11.8 Å². The Balaban J connectivity index is 2.03. The molecule has 8 heteroatoms. The van der Waals surface area contributed by atoms with E-state index in [0.717, 1.165) is 22.2 Å².